The molecule has 0 aromatic heterocycles. The average molecular weight is 569 g/mol. The van der Waals surface area contributed by atoms with Gasteiger partial charge in [0.25, 0.3) is 0 Å². The third-order valence-electron chi connectivity index (χ3n) is 4.57. The van der Waals surface area contributed by atoms with Crippen molar-refractivity contribution in [1.82, 2.24) is 9.80 Å². The second-order valence-corrected chi connectivity index (χ2v) is 8.51. The SMILES string of the molecule is CN(C)C=O.CN(C)C=O.N#CC(=C\C=C\c1ccc(C(=O)O)cc1)/C=C/C(C#N)=C/C=C/c1ccc(C(=O)O)cc1. The number of benzene rings is 2. The van der Waals surface area contributed by atoms with Crippen molar-refractivity contribution in [2.45, 2.75) is 0 Å². The molecule has 2 aromatic carbocycles. The second-order valence-electron chi connectivity index (χ2n) is 8.51. The van der Waals surface area contributed by atoms with Crippen LogP contribution in [0.4, 0.5) is 0 Å². The predicted octanol–water partition coefficient (Wildman–Crippen LogP) is 4.67. The van der Waals surface area contributed by atoms with Crippen LogP contribution in [0.1, 0.15) is 31.8 Å². The van der Waals surface area contributed by atoms with Gasteiger partial charge in [0.05, 0.1) is 34.4 Å². The zero-order valence-electron chi connectivity index (χ0n) is 23.7. The molecule has 0 heterocycles. The summed E-state index contributed by atoms with van der Waals surface area (Å²) in [5.74, 6) is -1.99. The molecular formula is C32H32N4O6. The van der Waals surface area contributed by atoms with Gasteiger partial charge < -0.3 is 20.0 Å². The molecular weight excluding hydrogens is 536 g/mol. The molecule has 2 amide bonds. The highest BCUT2D eigenvalue weighted by atomic mass is 16.4. The lowest BCUT2D eigenvalue weighted by Crippen LogP contribution is -2.06. The minimum atomic E-state index is -0.996. The number of nitriles is 2. The normalized spacial score (nSPS) is 10.9. The van der Waals surface area contributed by atoms with Crippen LogP contribution in [0.5, 0.6) is 0 Å². The van der Waals surface area contributed by atoms with Crippen molar-refractivity contribution in [3.63, 3.8) is 0 Å². The molecule has 10 heteroatoms. The number of rotatable bonds is 10. The summed E-state index contributed by atoms with van der Waals surface area (Å²) in [5, 5.41) is 36.3. The highest BCUT2D eigenvalue weighted by Gasteiger charge is 2.00. The van der Waals surface area contributed by atoms with E-state index >= 15 is 0 Å². The van der Waals surface area contributed by atoms with E-state index in [0.29, 0.717) is 11.1 Å². The molecule has 10 nitrogen and oxygen atoms in total. The fraction of sp³-hybridized carbons (Fsp3) is 0.125. The lowest BCUT2D eigenvalue weighted by molar-refractivity contribution is -0.116. The van der Waals surface area contributed by atoms with E-state index in [2.05, 4.69) is 0 Å². The quantitative estimate of drug-likeness (QED) is 0.237. The van der Waals surface area contributed by atoms with Crippen LogP contribution in [0.15, 0.2) is 96.1 Å². The Labute approximate surface area is 245 Å². The third-order valence-corrected chi connectivity index (χ3v) is 4.57. The number of allylic oxidation sites excluding steroid dienone is 8. The van der Waals surface area contributed by atoms with Gasteiger partial charge in [-0.25, -0.2) is 9.59 Å². The van der Waals surface area contributed by atoms with Crippen LogP contribution in [-0.4, -0.2) is 73.0 Å². The summed E-state index contributed by atoms with van der Waals surface area (Å²) in [6, 6.07) is 16.7. The van der Waals surface area contributed by atoms with Gasteiger partial charge in [-0.05, 0) is 59.7 Å². The van der Waals surface area contributed by atoms with Gasteiger partial charge in [-0.2, -0.15) is 10.5 Å². The summed E-state index contributed by atoms with van der Waals surface area (Å²) >= 11 is 0. The van der Waals surface area contributed by atoms with Gasteiger partial charge in [0.1, 0.15) is 0 Å². The van der Waals surface area contributed by atoms with E-state index in [9.17, 15) is 29.7 Å². The fourth-order valence-electron chi connectivity index (χ4n) is 2.44. The molecule has 2 N–H and O–H groups in total. The van der Waals surface area contributed by atoms with Crippen LogP contribution in [0.25, 0.3) is 12.2 Å². The van der Waals surface area contributed by atoms with Crippen LogP contribution in [0, 0.1) is 22.7 Å². The van der Waals surface area contributed by atoms with E-state index < -0.39 is 11.9 Å². The molecule has 2 aromatic rings. The molecule has 0 spiro atoms. The Kier molecular flexibility index (Phi) is 17.9. The Hall–Kier alpha value is -6.00. The van der Waals surface area contributed by atoms with Crippen LogP contribution in [0.2, 0.25) is 0 Å². The maximum absolute atomic E-state index is 10.9. The summed E-state index contributed by atoms with van der Waals surface area (Å²) in [5.41, 5.74) is 2.62. The highest BCUT2D eigenvalue weighted by molar-refractivity contribution is 5.88. The number of carbonyl (C=O) groups excluding carboxylic acids is 2. The van der Waals surface area contributed by atoms with Gasteiger partial charge in [0.15, 0.2) is 0 Å². The molecule has 2 rings (SSSR count). The Bertz CT molecular complexity index is 1310. The van der Waals surface area contributed by atoms with E-state index in [0.717, 1.165) is 23.9 Å². The summed E-state index contributed by atoms with van der Waals surface area (Å²) in [4.78, 5) is 43.5. The molecule has 0 unspecified atom stereocenters. The number of hydrogen-bond acceptors (Lipinski definition) is 6. The number of carboxylic acids is 2. The highest BCUT2D eigenvalue weighted by Crippen LogP contribution is 2.09. The molecule has 0 atom stereocenters. The summed E-state index contributed by atoms with van der Waals surface area (Å²) in [6.45, 7) is 0. The monoisotopic (exact) mass is 568 g/mol. The largest absolute Gasteiger partial charge is 0.478 e. The predicted molar refractivity (Wildman–Crippen MR) is 161 cm³/mol. The van der Waals surface area contributed by atoms with Crippen molar-refractivity contribution in [3.05, 3.63) is 118 Å². The first-order valence-corrected chi connectivity index (χ1v) is 12.1. The number of aromatic carboxylic acids is 2. The van der Waals surface area contributed by atoms with E-state index in [1.165, 1.54) is 46.2 Å². The lowest BCUT2D eigenvalue weighted by Gasteiger charge is -1.95. The van der Waals surface area contributed by atoms with Crippen molar-refractivity contribution >= 4 is 36.9 Å². The molecule has 0 aliphatic heterocycles. The summed E-state index contributed by atoms with van der Waals surface area (Å²) in [7, 11) is 6.75. The molecule has 216 valence electrons. The van der Waals surface area contributed by atoms with Crippen LogP contribution in [0.3, 0.4) is 0 Å². The molecule has 0 aliphatic rings. The number of carbonyl (C=O) groups is 4. The van der Waals surface area contributed by atoms with Crippen LogP contribution < -0.4 is 0 Å². The number of carboxylic acid groups (broad SMARTS) is 2. The molecule has 0 saturated carbocycles. The van der Waals surface area contributed by atoms with Gasteiger partial charge >= 0.3 is 11.9 Å². The topological polar surface area (TPSA) is 163 Å². The molecule has 0 radical (unpaired) electrons. The van der Waals surface area contributed by atoms with Gasteiger partial charge in [0.2, 0.25) is 12.8 Å². The second kappa shape index (κ2) is 20.9. The Balaban J connectivity index is 0.00000144. The first-order valence-electron chi connectivity index (χ1n) is 12.1. The van der Waals surface area contributed by atoms with Gasteiger partial charge in [-0.15, -0.1) is 0 Å². The Morgan fingerprint density at radius 2 is 0.929 bits per heavy atom. The maximum Gasteiger partial charge on any atom is 0.335 e. The van der Waals surface area contributed by atoms with Crippen molar-refractivity contribution < 1.29 is 29.4 Å². The van der Waals surface area contributed by atoms with Gasteiger partial charge in [0, 0.05) is 28.2 Å². The van der Waals surface area contributed by atoms with Crippen LogP contribution in [-0.2, 0) is 9.59 Å². The molecule has 0 aliphatic carbocycles. The fourth-order valence-corrected chi connectivity index (χ4v) is 2.44. The Morgan fingerprint density at radius 1 is 0.643 bits per heavy atom. The lowest BCUT2D eigenvalue weighted by atomic mass is 10.1. The molecule has 0 fully saturated rings. The Morgan fingerprint density at radius 3 is 1.14 bits per heavy atom. The van der Waals surface area contributed by atoms with Crippen molar-refractivity contribution in [2.24, 2.45) is 0 Å². The molecule has 42 heavy (non-hydrogen) atoms. The minimum Gasteiger partial charge on any atom is -0.478 e. The van der Waals surface area contributed by atoms with E-state index in [4.69, 9.17) is 10.2 Å². The third kappa shape index (κ3) is 16.8. The smallest absolute Gasteiger partial charge is 0.335 e. The van der Waals surface area contributed by atoms with Crippen LogP contribution >= 0.6 is 0 Å². The maximum atomic E-state index is 10.9. The van der Waals surface area contributed by atoms with E-state index in [1.807, 2.05) is 12.1 Å². The zero-order chi connectivity index (χ0) is 31.9. The number of amides is 2. The summed E-state index contributed by atoms with van der Waals surface area (Å²) < 4.78 is 0. The minimum absolute atomic E-state index is 0.195. The van der Waals surface area contributed by atoms with Gasteiger partial charge in [-0.1, -0.05) is 48.6 Å². The molecule has 0 saturated heterocycles. The summed E-state index contributed by atoms with van der Waals surface area (Å²) in [6.07, 6.45) is 14.5. The standard InChI is InChI=1S/C26H18N2O4.2C3H7NO/c27-17-21(5-1-3-19-9-13-23(14-10-19)25(29)30)7-8-22(18-28)6-2-4-20-11-15-24(16-12-20)26(31)32;2*1-4(2)3-5/h1-16H,(H,29,30)(H,31,32);2*3H,1-2H3/b3-1+,4-2+,8-7+,21-5-,22-6-;;. The number of nitrogens with zero attached hydrogens (tertiary/aromatic N) is 4. The average Bonchev–Trinajstić information content (AvgIpc) is 2.98. The van der Waals surface area contributed by atoms with E-state index in [1.54, 1.807) is 88.9 Å². The van der Waals surface area contributed by atoms with Crippen molar-refractivity contribution in [1.29, 1.82) is 10.5 Å². The van der Waals surface area contributed by atoms with Crippen molar-refractivity contribution in [3.8, 4) is 12.1 Å². The van der Waals surface area contributed by atoms with Gasteiger partial charge in [-0.3, -0.25) is 9.59 Å². The number of hydrogen-bond donors (Lipinski definition) is 2. The first-order chi connectivity index (χ1) is 20.0. The van der Waals surface area contributed by atoms with Crippen molar-refractivity contribution in [2.75, 3.05) is 28.2 Å². The first kappa shape index (κ1) is 36.0. The van der Waals surface area contributed by atoms with E-state index in [-0.39, 0.29) is 11.1 Å². The zero-order valence-corrected chi connectivity index (χ0v) is 23.7. The molecule has 0 bridgehead atoms.